The zero-order valence-corrected chi connectivity index (χ0v) is 20.2. The average molecular weight is 411 g/mol. The van der Waals surface area contributed by atoms with Crippen LogP contribution in [0.4, 0.5) is 5.69 Å². The fourth-order valence-electron chi connectivity index (χ4n) is 2.50. The van der Waals surface area contributed by atoms with Gasteiger partial charge in [-0.2, -0.15) is 24.3 Å². The van der Waals surface area contributed by atoms with Crippen molar-refractivity contribution in [1.82, 2.24) is 10.1 Å². The summed E-state index contributed by atoms with van der Waals surface area (Å²) in [6.07, 6.45) is 4.31. The van der Waals surface area contributed by atoms with Crippen LogP contribution in [0, 0.1) is 12.3 Å². The third kappa shape index (κ3) is 6.59. The first-order valence-electron chi connectivity index (χ1n) is 8.89. The number of nitrogens with one attached hydrogen (secondary N) is 1. The Kier molecular flexibility index (Phi) is 8.73. The summed E-state index contributed by atoms with van der Waals surface area (Å²) in [6, 6.07) is 21.2. The van der Waals surface area contributed by atoms with Crippen molar-refractivity contribution in [2.45, 2.75) is 26.2 Å². The second kappa shape index (κ2) is 10.8. The number of rotatable bonds is 2. The van der Waals surface area contributed by atoms with Crippen molar-refractivity contribution in [1.29, 1.82) is 0 Å². The minimum absolute atomic E-state index is 0. The molecule has 0 fully saturated rings. The number of hydrogen-bond donors (Lipinski definition) is 1. The fraction of sp³-hybridized carbons (Fsp3) is 0.174. The number of aromatic nitrogens is 2. The van der Waals surface area contributed by atoms with E-state index < -0.39 is 0 Å². The maximum atomic E-state index is 12.3. The Hall–Kier alpha value is -1.83. The van der Waals surface area contributed by atoms with Gasteiger partial charge in [0.25, 0.3) is 5.91 Å². The Morgan fingerprint density at radius 3 is 2.41 bits per heavy atom. The van der Waals surface area contributed by atoms with Crippen molar-refractivity contribution < 1.29 is 60.7 Å². The van der Waals surface area contributed by atoms with Crippen LogP contribution < -0.4 is 56.7 Å². The van der Waals surface area contributed by atoms with Crippen molar-refractivity contribution in [3.05, 3.63) is 90.4 Å². The zero-order chi connectivity index (χ0) is 20.0. The third-order valence-electron chi connectivity index (χ3n) is 3.98. The van der Waals surface area contributed by atoms with E-state index >= 15 is 0 Å². The summed E-state index contributed by atoms with van der Waals surface area (Å²) in [6.45, 7) is 6.21. The van der Waals surface area contributed by atoms with Gasteiger partial charge in [-0.25, -0.2) is 5.16 Å². The van der Waals surface area contributed by atoms with Crippen molar-refractivity contribution in [3.8, 4) is 0 Å². The molecule has 29 heavy (non-hydrogen) atoms. The predicted molar refractivity (Wildman–Crippen MR) is 109 cm³/mol. The Morgan fingerprint density at radius 2 is 1.79 bits per heavy atom. The van der Waals surface area contributed by atoms with Crippen LogP contribution >= 0.6 is 0 Å². The molecule has 0 unspecified atom stereocenters. The molecule has 0 spiro atoms. The normalized spacial score (nSPS) is 10.4. The second-order valence-corrected chi connectivity index (χ2v) is 7.19. The molecule has 0 radical (unpaired) electrons. The number of hydrogen-bond acceptors (Lipinski definition) is 4. The summed E-state index contributed by atoms with van der Waals surface area (Å²) in [7, 11) is 0. The Labute approximate surface area is 213 Å². The van der Waals surface area contributed by atoms with Gasteiger partial charge in [-0.15, -0.1) is 18.3 Å². The number of carbonyl (C=O) groups is 1. The zero-order valence-electron chi connectivity index (χ0n) is 17.1. The van der Waals surface area contributed by atoms with Crippen molar-refractivity contribution in [3.63, 3.8) is 0 Å². The molecule has 1 N–H and O–H groups in total. The number of benzene rings is 2. The first-order chi connectivity index (χ1) is 13.4. The summed E-state index contributed by atoms with van der Waals surface area (Å²) in [5, 5.41) is 7.30. The van der Waals surface area contributed by atoms with Crippen LogP contribution in [-0.2, 0) is 5.41 Å². The van der Waals surface area contributed by atoms with Crippen LogP contribution in [0.5, 0.6) is 0 Å². The quantitative estimate of drug-likeness (QED) is 0.406. The standard InChI is InChI=1S/C16H11N2O.C7H10NO.K/c19-16(18-13-8-2-1-3-9-13)14-10-4-6-12-7-5-11-17-15(12)14;1-7(2,3)6-4-5-8-9-6;/h2-11H,(H,18,19);4H,1-3H3;/q2*-1;+1. The predicted octanol–water partition coefficient (Wildman–Crippen LogP) is 2.06. The molecule has 5 nitrogen and oxygen atoms in total. The van der Waals surface area contributed by atoms with Crippen LogP contribution in [0.25, 0.3) is 10.9 Å². The Balaban J connectivity index is 0.000000255. The van der Waals surface area contributed by atoms with E-state index in [2.05, 4.69) is 48.5 Å². The van der Waals surface area contributed by atoms with Crippen molar-refractivity contribution in [2.24, 2.45) is 0 Å². The van der Waals surface area contributed by atoms with Gasteiger partial charge >= 0.3 is 51.4 Å². The molecule has 4 rings (SSSR count). The summed E-state index contributed by atoms with van der Waals surface area (Å²) >= 11 is 0. The van der Waals surface area contributed by atoms with Gasteiger partial charge < -0.3 is 9.84 Å². The van der Waals surface area contributed by atoms with Gasteiger partial charge in [-0.3, -0.25) is 9.78 Å². The SMILES string of the molecule is CC(C)(C)c1c[c-]no1.O=C(Nc1cc[c-]cc1)c1cccc2cccnc12.[K+]. The molecule has 0 aliphatic carbocycles. The maximum Gasteiger partial charge on any atom is 1.00 e. The number of carbonyl (C=O) groups excluding carboxylic acids is 1. The smallest absolute Gasteiger partial charge is 0.470 e. The molecule has 2 aromatic carbocycles. The minimum atomic E-state index is -0.157. The molecule has 6 heteroatoms. The van der Waals surface area contributed by atoms with Crippen LogP contribution in [0.15, 0.2) is 71.4 Å². The van der Waals surface area contributed by atoms with Gasteiger partial charge in [-0.1, -0.05) is 44.7 Å². The van der Waals surface area contributed by atoms with E-state index in [0.29, 0.717) is 11.1 Å². The number of pyridine rings is 1. The van der Waals surface area contributed by atoms with E-state index in [1.165, 1.54) is 0 Å². The Morgan fingerprint density at radius 1 is 1.07 bits per heavy atom. The van der Waals surface area contributed by atoms with Gasteiger partial charge in [0, 0.05) is 11.6 Å². The molecule has 0 saturated carbocycles. The van der Waals surface area contributed by atoms with E-state index in [1.807, 2.05) is 24.3 Å². The molecule has 0 saturated heterocycles. The van der Waals surface area contributed by atoms with E-state index in [9.17, 15) is 4.79 Å². The first-order valence-corrected chi connectivity index (χ1v) is 8.89. The molecule has 0 bridgehead atoms. The van der Waals surface area contributed by atoms with Crippen LogP contribution in [0.1, 0.15) is 36.9 Å². The van der Waals surface area contributed by atoms with Crippen LogP contribution in [-0.4, -0.2) is 16.0 Å². The van der Waals surface area contributed by atoms with Gasteiger partial charge in [0.05, 0.1) is 11.1 Å². The van der Waals surface area contributed by atoms with Gasteiger partial charge in [-0.05, 0) is 23.3 Å². The largest absolute Gasteiger partial charge is 1.00 e. The molecule has 0 atom stereocenters. The first kappa shape index (κ1) is 23.4. The second-order valence-electron chi connectivity index (χ2n) is 7.19. The third-order valence-corrected chi connectivity index (χ3v) is 3.98. The van der Waals surface area contributed by atoms with E-state index in [0.717, 1.165) is 16.8 Å². The van der Waals surface area contributed by atoms with E-state index in [-0.39, 0.29) is 62.7 Å². The van der Waals surface area contributed by atoms with Crippen molar-refractivity contribution >= 4 is 22.5 Å². The summed E-state index contributed by atoms with van der Waals surface area (Å²) in [5.41, 5.74) is 2.10. The minimum Gasteiger partial charge on any atom is -0.470 e. The maximum absolute atomic E-state index is 12.3. The number of amides is 1. The molecule has 4 aromatic rings. The number of fused-ring (bicyclic) bond motifs is 1. The van der Waals surface area contributed by atoms with Gasteiger partial charge in [0.1, 0.15) is 0 Å². The molecule has 0 aliphatic rings. The van der Waals surface area contributed by atoms with Crippen molar-refractivity contribution in [2.75, 3.05) is 5.32 Å². The molecule has 1 amide bonds. The number of nitrogens with zero attached hydrogens (tertiary/aromatic N) is 2. The average Bonchev–Trinajstić information content (AvgIpc) is 3.24. The van der Waals surface area contributed by atoms with Gasteiger partial charge in [0.2, 0.25) is 0 Å². The van der Waals surface area contributed by atoms with Gasteiger partial charge in [0.15, 0.2) is 0 Å². The fourth-order valence-corrected chi connectivity index (χ4v) is 2.50. The Bertz CT molecular complexity index is 1040. The van der Waals surface area contributed by atoms with Crippen LogP contribution in [0.3, 0.4) is 0 Å². The molecular weight excluding hydrogens is 389 g/mol. The molecule has 0 aliphatic heterocycles. The van der Waals surface area contributed by atoms with E-state index in [4.69, 9.17) is 4.52 Å². The van der Waals surface area contributed by atoms with Crippen LogP contribution in [0.2, 0.25) is 0 Å². The topological polar surface area (TPSA) is 68.0 Å². The summed E-state index contributed by atoms with van der Waals surface area (Å²) in [5.74, 6) is 0.720. The molecule has 142 valence electrons. The molecule has 2 aromatic heterocycles. The number of para-hydroxylation sites is 1. The summed E-state index contributed by atoms with van der Waals surface area (Å²) in [4.78, 5) is 16.5. The molecular formula is C23H21KN3O2-. The summed E-state index contributed by atoms with van der Waals surface area (Å²) < 4.78 is 4.89. The number of anilines is 1. The molecule has 2 heterocycles. The monoisotopic (exact) mass is 410 g/mol. The van der Waals surface area contributed by atoms with E-state index in [1.54, 1.807) is 42.6 Å².